The van der Waals surface area contributed by atoms with Gasteiger partial charge in [0.05, 0.1) is 10.4 Å². The number of nitrogens with zero attached hydrogens (tertiary/aromatic N) is 2. The molecule has 0 N–H and O–H groups in total. The normalized spacial score (nSPS) is 18.7. The molecule has 4 nitrogen and oxygen atoms in total. The average Bonchev–Trinajstić information content (AvgIpc) is 3.11. The van der Waals surface area contributed by atoms with E-state index in [1.807, 2.05) is 76.2 Å². The summed E-state index contributed by atoms with van der Waals surface area (Å²) in [5, 5.41) is 0. The molecule has 0 atom stereocenters. The van der Waals surface area contributed by atoms with E-state index < -0.39 is 0 Å². The third kappa shape index (κ3) is 3.52. The summed E-state index contributed by atoms with van der Waals surface area (Å²) >= 11 is 5.34. The summed E-state index contributed by atoms with van der Waals surface area (Å²) in [4.78, 5) is 29.7. The zero-order valence-corrected chi connectivity index (χ0v) is 17.3. The van der Waals surface area contributed by atoms with Gasteiger partial charge in [0.25, 0.3) is 11.8 Å². The van der Waals surface area contributed by atoms with Gasteiger partial charge >= 0.3 is 0 Å². The maximum Gasteiger partial charge on any atom is 0.255 e. The van der Waals surface area contributed by atoms with Crippen molar-refractivity contribution in [1.82, 2.24) is 9.80 Å². The summed E-state index contributed by atoms with van der Waals surface area (Å²) < 4.78 is 0.825. The van der Waals surface area contributed by atoms with E-state index in [0.717, 1.165) is 35.2 Å². The minimum Gasteiger partial charge on any atom is -0.338 e. The Morgan fingerprint density at radius 3 is 2.26 bits per heavy atom. The number of likely N-dealkylation sites (tertiary alicyclic amines) is 1. The Balaban J connectivity index is 1.48. The Bertz CT molecular complexity index is 850. The molecule has 27 heavy (non-hydrogen) atoms. The molecule has 2 saturated heterocycles. The minimum atomic E-state index is -0.183. The molecule has 2 amide bonds. The quantitative estimate of drug-likeness (QED) is 0.694. The first-order valence-electron chi connectivity index (χ1n) is 9.15. The van der Waals surface area contributed by atoms with E-state index in [1.54, 1.807) is 0 Å². The average molecular weight is 445 g/mol. The highest BCUT2D eigenvalue weighted by atomic mass is 79.9. The minimum absolute atomic E-state index is 0.0567. The fourth-order valence-corrected chi connectivity index (χ4v) is 5.82. The summed E-state index contributed by atoms with van der Waals surface area (Å²) in [6.07, 6.45) is 1.62. The van der Waals surface area contributed by atoms with Crippen molar-refractivity contribution >= 4 is 39.5 Å². The van der Waals surface area contributed by atoms with Gasteiger partial charge in [-0.25, -0.2) is 0 Å². The molecule has 2 fully saturated rings. The van der Waals surface area contributed by atoms with Crippen LogP contribution < -0.4 is 0 Å². The van der Waals surface area contributed by atoms with Crippen LogP contribution in [0.1, 0.15) is 33.6 Å². The van der Waals surface area contributed by atoms with Crippen LogP contribution in [0.15, 0.2) is 59.1 Å². The number of rotatable bonds is 2. The van der Waals surface area contributed by atoms with Crippen LogP contribution in [-0.4, -0.2) is 51.9 Å². The van der Waals surface area contributed by atoms with Crippen molar-refractivity contribution in [3.63, 3.8) is 0 Å². The lowest BCUT2D eigenvalue weighted by Gasteiger charge is -2.44. The highest BCUT2D eigenvalue weighted by molar-refractivity contribution is 9.10. The third-order valence-electron chi connectivity index (χ3n) is 5.38. The van der Waals surface area contributed by atoms with Gasteiger partial charge in [0.1, 0.15) is 0 Å². The predicted molar refractivity (Wildman–Crippen MR) is 112 cm³/mol. The van der Waals surface area contributed by atoms with Gasteiger partial charge in [-0.3, -0.25) is 9.59 Å². The van der Waals surface area contributed by atoms with Crippen LogP contribution in [-0.2, 0) is 0 Å². The lowest BCUT2D eigenvalue weighted by molar-refractivity contribution is 0.0497. The van der Waals surface area contributed by atoms with E-state index in [4.69, 9.17) is 0 Å². The summed E-state index contributed by atoms with van der Waals surface area (Å²) in [5.74, 6) is 1.11. The van der Waals surface area contributed by atoms with Crippen molar-refractivity contribution in [2.45, 2.75) is 17.7 Å². The molecule has 2 aliphatic heterocycles. The molecule has 6 heteroatoms. The van der Waals surface area contributed by atoms with E-state index in [9.17, 15) is 9.59 Å². The molecule has 2 aliphatic rings. The first-order chi connectivity index (χ1) is 13.1. The number of carbonyl (C=O) groups excluding carboxylic acids is 2. The van der Waals surface area contributed by atoms with Gasteiger partial charge in [0.2, 0.25) is 0 Å². The van der Waals surface area contributed by atoms with Crippen LogP contribution in [0.2, 0.25) is 0 Å². The van der Waals surface area contributed by atoms with Crippen molar-refractivity contribution in [2.75, 3.05) is 25.4 Å². The topological polar surface area (TPSA) is 40.6 Å². The first kappa shape index (κ1) is 18.6. The van der Waals surface area contributed by atoms with E-state index >= 15 is 0 Å². The van der Waals surface area contributed by atoms with Crippen LogP contribution in [0.3, 0.4) is 0 Å². The fraction of sp³-hybridized carbons (Fsp3) is 0.333. The van der Waals surface area contributed by atoms with Crippen LogP contribution in [0, 0.1) is 0 Å². The van der Waals surface area contributed by atoms with E-state index in [1.165, 1.54) is 0 Å². The molecule has 0 aliphatic carbocycles. The molecular formula is C21H21BrN2O2S. The zero-order valence-electron chi connectivity index (χ0n) is 14.9. The Hall–Kier alpha value is -1.79. The Kier molecular flexibility index (Phi) is 5.28. The lowest BCUT2D eigenvalue weighted by Crippen LogP contribution is -2.53. The van der Waals surface area contributed by atoms with Gasteiger partial charge in [-0.05, 0) is 53.0 Å². The van der Waals surface area contributed by atoms with E-state index in [0.29, 0.717) is 18.7 Å². The van der Waals surface area contributed by atoms with Crippen molar-refractivity contribution in [1.29, 1.82) is 0 Å². The molecule has 2 aromatic rings. The van der Waals surface area contributed by atoms with Crippen molar-refractivity contribution in [2.24, 2.45) is 0 Å². The Morgan fingerprint density at radius 1 is 0.889 bits per heavy atom. The van der Waals surface area contributed by atoms with Crippen LogP contribution in [0.5, 0.6) is 0 Å². The molecule has 0 unspecified atom stereocenters. The fourth-order valence-electron chi connectivity index (χ4n) is 3.91. The van der Waals surface area contributed by atoms with Crippen LogP contribution in [0.25, 0.3) is 0 Å². The van der Waals surface area contributed by atoms with Gasteiger partial charge in [0, 0.05) is 35.4 Å². The Labute approximate surface area is 172 Å². The lowest BCUT2D eigenvalue weighted by atomic mass is 10.00. The number of benzene rings is 2. The van der Waals surface area contributed by atoms with E-state index in [2.05, 4.69) is 15.9 Å². The highest BCUT2D eigenvalue weighted by Gasteiger charge is 2.47. The standard InChI is InChI=1S/C21H21BrN2O2S/c22-18-9-5-4-8-17(18)20(26)23-12-10-21(11-13-23)24(14-15-27-21)19(25)16-6-2-1-3-7-16/h1-9H,10-15H2. The molecule has 0 radical (unpaired) electrons. The third-order valence-corrected chi connectivity index (χ3v) is 7.62. The molecule has 0 saturated carbocycles. The second kappa shape index (κ2) is 7.68. The molecule has 2 aromatic carbocycles. The van der Waals surface area contributed by atoms with Crippen LogP contribution in [0.4, 0.5) is 0 Å². The van der Waals surface area contributed by atoms with Gasteiger partial charge in [0.15, 0.2) is 0 Å². The molecule has 0 aromatic heterocycles. The second-order valence-electron chi connectivity index (χ2n) is 6.89. The van der Waals surface area contributed by atoms with Crippen molar-refractivity contribution in [3.05, 3.63) is 70.2 Å². The summed E-state index contributed by atoms with van der Waals surface area (Å²) in [6.45, 7) is 2.12. The van der Waals surface area contributed by atoms with Gasteiger partial charge in [-0.2, -0.15) is 0 Å². The number of hydrogen-bond acceptors (Lipinski definition) is 3. The number of halogens is 1. The summed E-state index contributed by atoms with van der Waals surface area (Å²) in [5.41, 5.74) is 1.44. The highest BCUT2D eigenvalue weighted by Crippen LogP contribution is 2.44. The largest absolute Gasteiger partial charge is 0.338 e. The molecule has 2 heterocycles. The molecule has 0 bridgehead atoms. The monoisotopic (exact) mass is 444 g/mol. The predicted octanol–water partition coefficient (Wildman–Crippen LogP) is 4.27. The van der Waals surface area contributed by atoms with Crippen LogP contribution >= 0.6 is 27.7 Å². The molecular weight excluding hydrogens is 424 g/mol. The Morgan fingerprint density at radius 2 is 1.56 bits per heavy atom. The summed E-state index contributed by atoms with van der Waals surface area (Å²) in [7, 11) is 0. The number of hydrogen-bond donors (Lipinski definition) is 0. The van der Waals surface area contributed by atoms with Gasteiger partial charge in [-0.1, -0.05) is 30.3 Å². The molecule has 1 spiro atoms. The molecule has 4 rings (SSSR count). The summed E-state index contributed by atoms with van der Waals surface area (Å²) in [6, 6.07) is 17.0. The number of piperidine rings is 1. The van der Waals surface area contributed by atoms with Crippen molar-refractivity contribution in [3.8, 4) is 0 Å². The first-order valence-corrected chi connectivity index (χ1v) is 10.9. The smallest absolute Gasteiger partial charge is 0.255 e. The van der Waals surface area contributed by atoms with Gasteiger partial charge < -0.3 is 9.80 Å². The number of carbonyl (C=O) groups is 2. The van der Waals surface area contributed by atoms with Crippen molar-refractivity contribution < 1.29 is 9.59 Å². The number of amides is 2. The second-order valence-corrected chi connectivity index (χ2v) is 9.20. The molecule has 140 valence electrons. The van der Waals surface area contributed by atoms with E-state index in [-0.39, 0.29) is 16.7 Å². The number of thioether (sulfide) groups is 1. The maximum absolute atomic E-state index is 13.0. The maximum atomic E-state index is 13.0. The van der Waals surface area contributed by atoms with Gasteiger partial charge in [-0.15, -0.1) is 11.8 Å². The zero-order chi connectivity index (χ0) is 18.9. The SMILES string of the molecule is O=C(c1ccccc1Br)N1CCC2(CC1)SCCN2C(=O)c1ccccc1.